The summed E-state index contributed by atoms with van der Waals surface area (Å²) in [6.45, 7) is 2.15. The Morgan fingerprint density at radius 3 is 2.80 bits per heavy atom. The van der Waals surface area contributed by atoms with Crippen LogP contribution < -0.4 is 0 Å². The van der Waals surface area contributed by atoms with E-state index in [1.165, 1.54) is 16.9 Å². The van der Waals surface area contributed by atoms with Crippen LogP contribution in [0.1, 0.15) is 17.2 Å². The molecule has 0 aliphatic carbocycles. The second kappa shape index (κ2) is 5.73. The molecule has 1 aromatic carbocycles. The Hall–Kier alpha value is -1.72. The van der Waals surface area contributed by atoms with Crippen LogP contribution in [0.15, 0.2) is 41.2 Å². The standard InChI is InChI=1S/C15H16N2O2S/c18-15(19)13-8-17(6-11-4-2-1-3-5-11)7-12(13)14-9-20-10-16-14/h1-5,9-10,12-13H,6-8H2,(H,18,19). The first-order chi connectivity index (χ1) is 9.74. The second-order valence-electron chi connectivity index (χ2n) is 5.14. The SMILES string of the molecule is O=C(O)C1CN(Cc2ccccc2)CC1c1cscn1. The zero-order chi connectivity index (χ0) is 13.9. The van der Waals surface area contributed by atoms with Crippen molar-refractivity contribution in [2.75, 3.05) is 13.1 Å². The van der Waals surface area contributed by atoms with E-state index >= 15 is 0 Å². The Kier molecular flexibility index (Phi) is 3.80. The molecule has 1 saturated heterocycles. The van der Waals surface area contributed by atoms with Gasteiger partial charge in [-0.25, -0.2) is 4.98 Å². The van der Waals surface area contributed by atoms with Gasteiger partial charge in [0, 0.05) is 30.9 Å². The molecule has 1 fully saturated rings. The lowest BCUT2D eigenvalue weighted by molar-refractivity contribution is -0.141. The van der Waals surface area contributed by atoms with E-state index < -0.39 is 5.97 Å². The van der Waals surface area contributed by atoms with Crippen molar-refractivity contribution >= 4 is 17.3 Å². The van der Waals surface area contributed by atoms with Gasteiger partial charge in [-0.15, -0.1) is 11.3 Å². The molecule has 2 heterocycles. The van der Waals surface area contributed by atoms with Crippen molar-refractivity contribution in [3.63, 3.8) is 0 Å². The minimum Gasteiger partial charge on any atom is -0.481 e. The van der Waals surface area contributed by atoms with Gasteiger partial charge in [0.05, 0.1) is 17.1 Å². The first kappa shape index (κ1) is 13.3. The summed E-state index contributed by atoms with van der Waals surface area (Å²) in [7, 11) is 0. The maximum absolute atomic E-state index is 11.5. The zero-order valence-corrected chi connectivity index (χ0v) is 11.8. The number of nitrogens with zero attached hydrogens (tertiary/aromatic N) is 2. The maximum atomic E-state index is 11.5. The number of carbonyl (C=O) groups is 1. The number of aliphatic carboxylic acids is 1. The summed E-state index contributed by atoms with van der Waals surface area (Å²) in [6.07, 6.45) is 0. The van der Waals surface area contributed by atoms with Crippen LogP contribution >= 0.6 is 11.3 Å². The molecule has 0 bridgehead atoms. The van der Waals surface area contributed by atoms with Crippen molar-refractivity contribution in [2.45, 2.75) is 12.5 Å². The molecule has 0 radical (unpaired) electrons. The summed E-state index contributed by atoms with van der Waals surface area (Å²) >= 11 is 1.52. The fourth-order valence-electron chi connectivity index (χ4n) is 2.81. The van der Waals surface area contributed by atoms with Crippen molar-refractivity contribution in [1.29, 1.82) is 0 Å². The molecule has 2 unspecified atom stereocenters. The van der Waals surface area contributed by atoms with E-state index in [2.05, 4.69) is 22.0 Å². The molecule has 5 heteroatoms. The van der Waals surface area contributed by atoms with Gasteiger partial charge >= 0.3 is 5.97 Å². The smallest absolute Gasteiger partial charge is 0.308 e. The summed E-state index contributed by atoms with van der Waals surface area (Å²) in [4.78, 5) is 18.0. The van der Waals surface area contributed by atoms with E-state index in [0.717, 1.165) is 18.8 Å². The molecule has 104 valence electrons. The molecule has 0 spiro atoms. The van der Waals surface area contributed by atoms with Gasteiger partial charge in [0.25, 0.3) is 0 Å². The number of aromatic nitrogens is 1. The van der Waals surface area contributed by atoms with Crippen LogP contribution in [0.4, 0.5) is 0 Å². The van der Waals surface area contributed by atoms with E-state index in [4.69, 9.17) is 0 Å². The van der Waals surface area contributed by atoms with Crippen LogP contribution in [-0.2, 0) is 11.3 Å². The van der Waals surface area contributed by atoms with Crippen molar-refractivity contribution < 1.29 is 9.90 Å². The van der Waals surface area contributed by atoms with Gasteiger partial charge < -0.3 is 5.11 Å². The molecule has 1 aliphatic rings. The Bertz CT molecular complexity index is 571. The fraction of sp³-hybridized carbons (Fsp3) is 0.333. The monoisotopic (exact) mass is 288 g/mol. The topological polar surface area (TPSA) is 53.4 Å². The third-order valence-corrected chi connectivity index (χ3v) is 4.40. The number of carboxylic acid groups (broad SMARTS) is 1. The Balaban J connectivity index is 1.75. The minimum absolute atomic E-state index is 0.00228. The summed E-state index contributed by atoms with van der Waals surface area (Å²) in [5.41, 5.74) is 3.90. The summed E-state index contributed by atoms with van der Waals surface area (Å²) in [5, 5.41) is 11.4. The van der Waals surface area contributed by atoms with E-state index in [0.29, 0.717) is 6.54 Å². The van der Waals surface area contributed by atoms with Crippen LogP contribution in [0.3, 0.4) is 0 Å². The Morgan fingerprint density at radius 1 is 1.35 bits per heavy atom. The molecule has 0 amide bonds. The minimum atomic E-state index is -0.724. The van der Waals surface area contributed by atoms with Crippen molar-refractivity contribution in [3.8, 4) is 0 Å². The van der Waals surface area contributed by atoms with Gasteiger partial charge in [0.2, 0.25) is 0 Å². The first-order valence-electron chi connectivity index (χ1n) is 6.61. The number of carboxylic acids is 1. The maximum Gasteiger partial charge on any atom is 0.308 e. The Morgan fingerprint density at radius 2 is 2.15 bits per heavy atom. The average molecular weight is 288 g/mol. The lowest BCUT2D eigenvalue weighted by atomic mass is 9.94. The molecule has 3 rings (SSSR count). The van der Waals surface area contributed by atoms with Crippen molar-refractivity contribution in [1.82, 2.24) is 9.88 Å². The largest absolute Gasteiger partial charge is 0.481 e. The quantitative estimate of drug-likeness (QED) is 0.939. The molecule has 2 aromatic rings. The molecular weight excluding hydrogens is 272 g/mol. The van der Waals surface area contributed by atoms with Gasteiger partial charge in [-0.3, -0.25) is 9.69 Å². The van der Waals surface area contributed by atoms with E-state index in [1.54, 1.807) is 5.51 Å². The molecule has 1 N–H and O–H groups in total. The van der Waals surface area contributed by atoms with Crippen LogP contribution in [0.5, 0.6) is 0 Å². The molecule has 0 saturated carbocycles. The molecular formula is C15H16N2O2S. The number of benzene rings is 1. The third kappa shape index (κ3) is 2.73. The van der Waals surface area contributed by atoms with Gasteiger partial charge in [0.1, 0.15) is 0 Å². The van der Waals surface area contributed by atoms with Gasteiger partial charge in [-0.05, 0) is 5.56 Å². The highest BCUT2D eigenvalue weighted by atomic mass is 32.1. The number of likely N-dealkylation sites (tertiary alicyclic amines) is 1. The van der Waals surface area contributed by atoms with Gasteiger partial charge in [0.15, 0.2) is 0 Å². The highest BCUT2D eigenvalue weighted by Gasteiger charge is 2.39. The van der Waals surface area contributed by atoms with Crippen molar-refractivity contribution in [2.24, 2.45) is 5.92 Å². The lowest BCUT2D eigenvalue weighted by Crippen LogP contribution is -2.23. The van der Waals surface area contributed by atoms with Gasteiger partial charge in [-0.2, -0.15) is 0 Å². The number of hydrogen-bond acceptors (Lipinski definition) is 4. The fourth-order valence-corrected chi connectivity index (χ4v) is 3.43. The van der Waals surface area contributed by atoms with E-state index in [1.807, 2.05) is 23.6 Å². The molecule has 1 aromatic heterocycles. The molecule has 20 heavy (non-hydrogen) atoms. The summed E-state index contributed by atoms with van der Waals surface area (Å²) in [5.74, 6) is -1.08. The van der Waals surface area contributed by atoms with Crippen molar-refractivity contribution in [3.05, 3.63) is 52.5 Å². The predicted molar refractivity (Wildman–Crippen MR) is 77.7 cm³/mol. The highest BCUT2D eigenvalue weighted by molar-refractivity contribution is 7.07. The second-order valence-corrected chi connectivity index (χ2v) is 5.86. The van der Waals surface area contributed by atoms with Crippen LogP contribution in [-0.4, -0.2) is 34.0 Å². The van der Waals surface area contributed by atoms with E-state index in [-0.39, 0.29) is 11.8 Å². The average Bonchev–Trinajstić information content (AvgIpc) is 3.08. The first-order valence-corrected chi connectivity index (χ1v) is 7.55. The molecule has 2 atom stereocenters. The summed E-state index contributed by atoms with van der Waals surface area (Å²) in [6, 6.07) is 10.2. The van der Waals surface area contributed by atoms with Crippen LogP contribution in [0.25, 0.3) is 0 Å². The Labute approximate surface area is 121 Å². The molecule has 1 aliphatic heterocycles. The number of hydrogen-bond donors (Lipinski definition) is 1. The zero-order valence-electron chi connectivity index (χ0n) is 11.0. The van der Waals surface area contributed by atoms with Crippen LogP contribution in [0.2, 0.25) is 0 Å². The highest BCUT2D eigenvalue weighted by Crippen LogP contribution is 2.33. The molecule has 4 nitrogen and oxygen atoms in total. The van der Waals surface area contributed by atoms with E-state index in [9.17, 15) is 9.90 Å². The number of thiazole rings is 1. The predicted octanol–water partition coefficient (Wildman–Crippen LogP) is 2.44. The number of rotatable bonds is 4. The lowest BCUT2D eigenvalue weighted by Gasteiger charge is -2.15. The third-order valence-electron chi connectivity index (χ3n) is 3.79. The van der Waals surface area contributed by atoms with Crippen LogP contribution in [0, 0.1) is 5.92 Å². The summed E-state index contributed by atoms with van der Waals surface area (Å²) < 4.78 is 0. The van der Waals surface area contributed by atoms with Gasteiger partial charge in [-0.1, -0.05) is 30.3 Å². The normalized spacial score (nSPS) is 23.0.